The van der Waals surface area contributed by atoms with E-state index in [1.54, 1.807) is 24.3 Å². The maximum atomic E-state index is 8.48. The molecule has 3 heteroatoms. The van der Waals surface area contributed by atoms with Crippen molar-refractivity contribution in [2.45, 2.75) is 0 Å². The minimum absolute atomic E-state index is 0.284. The average molecular weight is 157 g/mol. The second kappa shape index (κ2) is 4.00. The molecule has 58 valence electrons. The first-order valence-electron chi connectivity index (χ1n) is 3.48. The van der Waals surface area contributed by atoms with Gasteiger partial charge in [0.2, 0.25) is 0 Å². The van der Waals surface area contributed by atoms with Crippen LogP contribution in [0, 0.1) is 22.7 Å². The molecule has 0 atom stereocenters. The molecular formula is C9H7N3. The van der Waals surface area contributed by atoms with E-state index in [1.165, 1.54) is 0 Å². The fraction of sp³-hybridized carbons (Fsp3) is 0.111. The molecule has 0 aliphatic carbocycles. The van der Waals surface area contributed by atoms with E-state index in [-0.39, 0.29) is 6.54 Å². The molecule has 0 heterocycles. The summed E-state index contributed by atoms with van der Waals surface area (Å²) in [5, 5.41) is 19.6. The van der Waals surface area contributed by atoms with Gasteiger partial charge < -0.3 is 5.32 Å². The van der Waals surface area contributed by atoms with E-state index in [4.69, 9.17) is 10.5 Å². The van der Waals surface area contributed by atoms with Crippen LogP contribution in [0.25, 0.3) is 0 Å². The first-order valence-corrected chi connectivity index (χ1v) is 3.48. The molecule has 0 amide bonds. The van der Waals surface area contributed by atoms with Crippen LogP contribution in [-0.2, 0) is 0 Å². The molecule has 12 heavy (non-hydrogen) atoms. The molecular weight excluding hydrogens is 150 g/mol. The van der Waals surface area contributed by atoms with E-state index < -0.39 is 0 Å². The lowest BCUT2D eigenvalue weighted by atomic mass is 10.2. The van der Waals surface area contributed by atoms with Crippen molar-refractivity contribution < 1.29 is 0 Å². The van der Waals surface area contributed by atoms with Gasteiger partial charge in [0.15, 0.2) is 0 Å². The molecule has 0 spiro atoms. The van der Waals surface area contributed by atoms with Gasteiger partial charge in [-0.3, -0.25) is 0 Å². The van der Waals surface area contributed by atoms with Gasteiger partial charge in [0, 0.05) is 5.69 Å². The monoisotopic (exact) mass is 157 g/mol. The van der Waals surface area contributed by atoms with Gasteiger partial charge in [-0.15, -0.1) is 0 Å². The van der Waals surface area contributed by atoms with Gasteiger partial charge in [0.1, 0.15) is 6.54 Å². The summed E-state index contributed by atoms with van der Waals surface area (Å²) < 4.78 is 0. The highest BCUT2D eigenvalue weighted by Gasteiger charge is 1.90. The SMILES string of the molecule is N#CCNc1ccc(C#N)cc1. The van der Waals surface area contributed by atoms with Crippen molar-refractivity contribution in [3.63, 3.8) is 0 Å². The topological polar surface area (TPSA) is 59.6 Å². The standard InChI is InChI=1S/C9H7N3/c10-5-6-12-9-3-1-8(7-11)2-4-9/h1-4,12H,6H2. The molecule has 0 aliphatic rings. The zero-order chi connectivity index (χ0) is 8.81. The quantitative estimate of drug-likeness (QED) is 0.661. The minimum Gasteiger partial charge on any atom is -0.372 e. The Hall–Kier alpha value is -2.00. The normalized spacial score (nSPS) is 8.17. The summed E-state index contributed by atoms with van der Waals surface area (Å²) in [5.41, 5.74) is 1.48. The van der Waals surface area contributed by atoms with Crippen molar-refractivity contribution in [1.82, 2.24) is 0 Å². The second-order valence-corrected chi connectivity index (χ2v) is 2.20. The molecule has 1 N–H and O–H groups in total. The lowest BCUT2D eigenvalue weighted by Gasteiger charge is -1.99. The summed E-state index contributed by atoms with van der Waals surface area (Å²) in [6.07, 6.45) is 0. The van der Waals surface area contributed by atoms with Crippen LogP contribution in [0.2, 0.25) is 0 Å². The van der Waals surface area contributed by atoms with Gasteiger partial charge in [-0.05, 0) is 24.3 Å². The van der Waals surface area contributed by atoms with Crippen LogP contribution in [0.5, 0.6) is 0 Å². The average Bonchev–Trinajstić information content (AvgIpc) is 2.15. The summed E-state index contributed by atoms with van der Waals surface area (Å²) in [6.45, 7) is 0.284. The number of hydrogen-bond donors (Lipinski definition) is 1. The van der Waals surface area contributed by atoms with Crippen LogP contribution in [0.15, 0.2) is 24.3 Å². The number of nitriles is 2. The molecule has 0 fully saturated rings. The van der Waals surface area contributed by atoms with Crippen molar-refractivity contribution in [2.75, 3.05) is 11.9 Å². The summed E-state index contributed by atoms with van der Waals surface area (Å²) in [5.74, 6) is 0. The Morgan fingerprint density at radius 3 is 2.33 bits per heavy atom. The maximum Gasteiger partial charge on any atom is 0.103 e. The molecule has 0 radical (unpaired) electrons. The van der Waals surface area contributed by atoms with Crippen molar-refractivity contribution in [2.24, 2.45) is 0 Å². The summed E-state index contributed by atoms with van der Waals surface area (Å²) in [4.78, 5) is 0. The minimum atomic E-state index is 0.284. The number of nitrogens with zero attached hydrogens (tertiary/aromatic N) is 2. The molecule has 0 saturated heterocycles. The number of anilines is 1. The van der Waals surface area contributed by atoms with Crippen LogP contribution >= 0.6 is 0 Å². The Balaban J connectivity index is 2.68. The van der Waals surface area contributed by atoms with E-state index in [0.29, 0.717) is 5.56 Å². The van der Waals surface area contributed by atoms with E-state index in [0.717, 1.165) is 5.69 Å². The number of nitrogens with one attached hydrogen (secondary N) is 1. The van der Waals surface area contributed by atoms with Crippen LogP contribution < -0.4 is 5.32 Å². The Morgan fingerprint density at radius 1 is 1.17 bits per heavy atom. The third kappa shape index (κ3) is 2.00. The molecule has 1 rings (SSSR count). The van der Waals surface area contributed by atoms with Crippen molar-refractivity contribution in [3.8, 4) is 12.1 Å². The Kier molecular flexibility index (Phi) is 2.70. The number of benzene rings is 1. The first-order chi connectivity index (χ1) is 5.86. The van der Waals surface area contributed by atoms with Gasteiger partial charge in [-0.2, -0.15) is 10.5 Å². The molecule has 0 unspecified atom stereocenters. The highest BCUT2D eigenvalue weighted by Crippen LogP contribution is 2.07. The third-order valence-corrected chi connectivity index (χ3v) is 1.39. The largest absolute Gasteiger partial charge is 0.372 e. The van der Waals surface area contributed by atoms with Crippen LogP contribution in [-0.4, -0.2) is 6.54 Å². The lowest BCUT2D eigenvalue weighted by Crippen LogP contribution is -1.97. The van der Waals surface area contributed by atoms with E-state index in [9.17, 15) is 0 Å². The zero-order valence-electron chi connectivity index (χ0n) is 6.41. The first kappa shape index (κ1) is 8.10. The lowest BCUT2D eigenvalue weighted by molar-refractivity contribution is 1.31. The van der Waals surface area contributed by atoms with Crippen LogP contribution in [0.1, 0.15) is 5.56 Å². The molecule has 3 nitrogen and oxygen atoms in total. The van der Waals surface area contributed by atoms with Gasteiger partial charge in [-0.1, -0.05) is 0 Å². The molecule has 1 aromatic rings. The fourth-order valence-corrected chi connectivity index (χ4v) is 0.804. The molecule has 0 aromatic heterocycles. The Labute approximate surface area is 70.9 Å². The highest BCUT2D eigenvalue weighted by molar-refractivity contribution is 5.47. The van der Waals surface area contributed by atoms with Crippen LogP contribution in [0.3, 0.4) is 0 Å². The van der Waals surface area contributed by atoms with Crippen molar-refractivity contribution in [3.05, 3.63) is 29.8 Å². The summed E-state index contributed by atoms with van der Waals surface area (Å²) in [6, 6.07) is 10.9. The predicted octanol–water partition coefficient (Wildman–Crippen LogP) is 1.49. The maximum absolute atomic E-state index is 8.48. The van der Waals surface area contributed by atoms with Crippen molar-refractivity contribution >= 4 is 5.69 Å². The van der Waals surface area contributed by atoms with E-state index in [1.807, 2.05) is 12.1 Å². The molecule has 0 aliphatic heterocycles. The molecule has 0 bridgehead atoms. The van der Waals surface area contributed by atoms with Gasteiger partial charge in [-0.25, -0.2) is 0 Å². The predicted molar refractivity (Wildman–Crippen MR) is 45.3 cm³/mol. The van der Waals surface area contributed by atoms with Gasteiger partial charge in [0.05, 0.1) is 17.7 Å². The molecule has 1 aromatic carbocycles. The van der Waals surface area contributed by atoms with Crippen LogP contribution in [0.4, 0.5) is 5.69 Å². The fourth-order valence-electron chi connectivity index (χ4n) is 0.804. The van der Waals surface area contributed by atoms with Crippen molar-refractivity contribution in [1.29, 1.82) is 10.5 Å². The highest BCUT2D eigenvalue weighted by atomic mass is 14.9. The Bertz CT molecular complexity index is 326. The Morgan fingerprint density at radius 2 is 1.83 bits per heavy atom. The molecule has 0 saturated carbocycles. The number of hydrogen-bond acceptors (Lipinski definition) is 3. The smallest absolute Gasteiger partial charge is 0.103 e. The third-order valence-electron chi connectivity index (χ3n) is 1.39. The second-order valence-electron chi connectivity index (χ2n) is 2.20. The zero-order valence-corrected chi connectivity index (χ0v) is 6.41. The van der Waals surface area contributed by atoms with E-state index in [2.05, 4.69) is 5.32 Å². The van der Waals surface area contributed by atoms with E-state index >= 15 is 0 Å². The van der Waals surface area contributed by atoms with Gasteiger partial charge >= 0.3 is 0 Å². The number of rotatable bonds is 2. The summed E-state index contributed by atoms with van der Waals surface area (Å²) >= 11 is 0. The van der Waals surface area contributed by atoms with Gasteiger partial charge in [0.25, 0.3) is 0 Å². The summed E-state index contributed by atoms with van der Waals surface area (Å²) in [7, 11) is 0.